The summed E-state index contributed by atoms with van der Waals surface area (Å²) in [6, 6.07) is 17.9. The van der Waals surface area contributed by atoms with Crippen LogP contribution in [0, 0.1) is 11.3 Å². The molecule has 1 aliphatic carbocycles. The van der Waals surface area contributed by atoms with Crippen molar-refractivity contribution in [2.45, 2.75) is 69.9 Å². The number of carbonyl (C=O) groups is 1. The van der Waals surface area contributed by atoms with Crippen LogP contribution in [0.4, 0.5) is 0 Å². The van der Waals surface area contributed by atoms with Gasteiger partial charge in [-0.05, 0) is 69.4 Å². The highest BCUT2D eigenvalue weighted by Gasteiger charge is 2.37. The fourth-order valence-electron chi connectivity index (χ4n) is 4.61. The largest absolute Gasteiger partial charge is 0.419 e. The first-order chi connectivity index (χ1) is 16.2. The van der Waals surface area contributed by atoms with Gasteiger partial charge in [-0.25, -0.2) is 0 Å². The number of carbonyl (C=O) groups excluding carboxylic acids is 1. The number of hydrogen-bond acceptors (Lipinski definition) is 6. The third-order valence-electron chi connectivity index (χ3n) is 6.41. The Labute approximate surface area is 200 Å². The molecule has 176 valence electrons. The predicted octanol–water partition coefficient (Wildman–Crippen LogP) is 4.63. The normalized spacial score (nSPS) is 16.7. The summed E-state index contributed by atoms with van der Waals surface area (Å²) in [6.07, 6.45) is 4.05. The number of aromatic nitrogens is 2. The van der Waals surface area contributed by atoms with Gasteiger partial charge in [0.25, 0.3) is 5.91 Å². The second-order valence-corrected chi connectivity index (χ2v) is 9.82. The first-order valence-electron chi connectivity index (χ1n) is 11.8. The summed E-state index contributed by atoms with van der Waals surface area (Å²) in [5.41, 5.74) is 8.07. The van der Waals surface area contributed by atoms with Crippen LogP contribution in [-0.2, 0) is 17.4 Å². The number of amides is 1. The Morgan fingerprint density at radius 1 is 1.21 bits per heavy atom. The second-order valence-electron chi connectivity index (χ2n) is 9.82. The summed E-state index contributed by atoms with van der Waals surface area (Å²) in [6.45, 7) is 5.68. The van der Waals surface area contributed by atoms with Gasteiger partial charge in [-0.15, -0.1) is 10.2 Å². The van der Waals surface area contributed by atoms with Gasteiger partial charge in [-0.1, -0.05) is 43.2 Å². The molecular weight excluding hydrogens is 426 g/mol. The van der Waals surface area contributed by atoms with Crippen molar-refractivity contribution in [1.82, 2.24) is 15.5 Å². The maximum atomic E-state index is 12.9. The molecule has 3 aromatic rings. The van der Waals surface area contributed by atoms with Crippen LogP contribution in [-0.4, -0.2) is 22.1 Å². The summed E-state index contributed by atoms with van der Waals surface area (Å²) in [7, 11) is 0. The molecule has 1 heterocycles. The van der Waals surface area contributed by atoms with Gasteiger partial charge in [0.15, 0.2) is 0 Å². The lowest BCUT2D eigenvalue weighted by atomic mass is 9.79. The summed E-state index contributed by atoms with van der Waals surface area (Å²) in [5, 5.41) is 21.5. The number of benzene rings is 2. The minimum Gasteiger partial charge on any atom is -0.419 e. The fourth-order valence-corrected chi connectivity index (χ4v) is 4.61. The Morgan fingerprint density at radius 3 is 2.56 bits per heavy atom. The van der Waals surface area contributed by atoms with Crippen molar-refractivity contribution in [1.29, 1.82) is 5.26 Å². The molecule has 0 spiro atoms. The van der Waals surface area contributed by atoms with E-state index in [1.165, 1.54) is 0 Å². The minimum atomic E-state index is -0.860. The van der Waals surface area contributed by atoms with E-state index in [0.717, 1.165) is 36.8 Å². The lowest BCUT2D eigenvalue weighted by molar-refractivity contribution is 0.0943. The number of nitrogens with two attached hydrogens (primary N) is 1. The van der Waals surface area contributed by atoms with Crippen LogP contribution < -0.4 is 11.1 Å². The van der Waals surface area contributed by atoms with Gasteiger partial charge >= 0.3 is 0 Å². The number of nitrogens with one attached hydrogen (secondary N) is 1. The van der Waals surface area contributed by atoms with Crippen LogP contribution in [0.1, 0.15) is 73.8 Å². The Morgan fingerprint density at radius 2 is 1.91 bits per heavy atom. The first-order valence-corrected chi connectivity index (χ1v) is 11.8. The molecule has 0 aliphatic heterocycles. The van der Waals surface area contributed by atoms with Crippen LogP contribution in [0.2, 0.25) is 0 Å². The van der Waals surface area contributed by atoms with Gasteiger partial charge in [0, 0.05) is 17.2 Å². The summed E-state index contributed by atoms with van der Waals surface area (Å²) in [5.74, 6) is 0.406. The molecule has 1 saturated carbocycles. The Balaban J connectivity index is 1.72. The van der Waals surface area contributed by atoms with Crippen molar-refractivity contribution in [3.05, 3.63) is 71.1 Å². The second kappa shape index (κ2) is 9.40. The SMILES string of the molecule is CC(C)NC(=O)c1cc(-c2nnc([C@](C)(N)Cc3ccccc3)o2)cc(C2(C#N)CCCC2)c1. The van der Waals surface area contributed by atoms with Crippen molar-refractivity contribution < 1.29 is 9.21 Å². The van der Waals surface area contributed by atoms with E-state index in [2.05, 4.69) is 21.6 Å². The standard InChI is InChI=1S/C27H31N5O2/c1-18(2)30-23(33)20-13-21(15-22(14-20)27(17-28)11-7-8-12-27)24-31-32-25(34-24)26(3,29)16-19-9-5-4-6-10-19/h4-6,9-10,13-15,18H,7-8,11-12,16,29H2,1-3H3,(H,30,33)/t26-/m1/s1. The van der Waals surface area contributed by atoms with Gasteiger partial charge < -0.3 is 15.5 Å². The van der Waals surface area contributed by atoms with Gasteiger partial charge in [-0.2, -0.15) is 5.26 Å². The van der Waals surface area contributed by atoms with Gasteiger partial charge in [0.2, 0.25) is 11.8 Å². The molecule has 3 N–H and O–H groups in total. The number of rotatable bonds is 7. The number of nitriles is 1. The van der Waals surface area contributed by atoms with E-state index in [4.69, 9.17) is 10.2 Å². The zero-order valence-electron chi connectivity index (χ0n) is 20.0. The smallest absolute Gasteiger partial charge is 0.251 e. The monoisotopic (exact) mass is 457 g/mol. The molecule has 7 heteroatoms. The maximum Gasteiger partial charge on any atom is 0.251 e. The van der Waals surface area contributed by atoms with Crippen molar-refractivity contribution in [3.8, 4) is 17.5 Å². The van der Waals surface area contributed by atoms with Gasteiger partial charge in [0.1, 0.15) is 0 Å². The average Bonchev–Trinajstić information content (AvgIpc) is 3.50. The van der Waals surface area contributed by atoms with E-state index < -0.39 is 11.0 Å². The number of hydrogen-bond donors (Lipinski definition) is 2. The van der Waals surface area contributed by atoms with E-state index in [1.807, 2.05) is 63.2 Å². The lowest BCUT2D eigenvalue weighted by Crippen LogP contribution is -2.35. The predicted molar refractivity (Wildman–Crippen MR) is 130 cm³/mol. The van der Waals surface area contributed by atoms with E-state index in [0.29, 0.717) is 23.4 Å². The molecule has 1 fully saturated rings. The Kier molecular flexibility index (Phi) is 6.54. The molecule has 0 unspecified atom stereocenters. The molecule has 0 saturated heterocycles. The first kappa shape index (κ1) is 23.7. The molecule has 1 amide bonds. The van der Waals surface area contributed by atoms with Crippen LogP contribution >= 0.6 is 0 Å². The highest BCUT2D eigenvalue weighted by Crippen LogP contribution is 2.42. The molecule has 1 atom stereocenters. The van der Waals surface area contributed by atoms with E-state index in [-0.39, 0.29) is 17.8 Å². The topological polar surface area (TPSA) is 118 Å². The van der Waals surface area contributed by atoms with E-state index in [9.17, 15) is 10.1 Å². The van der Waals surface area contributed by atoms with E-state index in [1.54, 1.807) is 6.07 Å². The summed E-state index contributed by atoms with van der Waals surface area (Å²) in [4.78, 5) is 12.9. The van der Waals surface area contributed by atoms with Crippen LogP contribution in [0.5, 0.6) is 0 Å². The fraction of sp³-hybridized carbons (Fsp3) is 0.407. The quantitative estimate of drug-likeness (QED) is 0.534. The van der Waals surface area contributed by atoms with Gasteiger partial charge in [-0.3, -0.25) is 4.79 Å². The summed E-state index contributed by atoms with van der Waals surface area (Å²) >= 11 is 0. The van der Waals surface area contributed by atoms with Crippen molar-refractivity contribution in [2.24, 2.45) is 5.73 Å². The summed E-state index contributed by atoms with van der Waals surface area (Å²) < 4.78 is 6.04. The Hall–Kier alpha value is -3.50. The van der Waals surface area contributed by atoms with Crippen LogP contribution in [0.25, 0.3) is 11.5 Å². The lowest BCUT2D eigenvalue weighted by Gasteiger charge is -2.22. The van der Waals surface area contributed by atoms with Crippen LogP contribution in [0.3, 0.4) is 0 Å². The number of nitrogens with zero attached hydrogens (tertiary/aromatic N) is 3. The maximum absolute atomic E-state index is 12.9. The molecule has 1 aromatic heterocycles. The molecule has 0 radical (unpaired) electrons. The molecule has 34 heavy (non-hydrogen) atoms. The Bertz CT molecular complexity index is 1200. The van der Waals surface area contributed by atoms with Crippen molar-refractivity contribution in [3.63, 3.8) is 0 Å². The minimum absolute atomic E-state index is 0.0121. The zero-order valence-corrected chi connectivity index (χ0v) is 20.0. The van der Waals surface area contributed by atoms with E-state index >= 15 is 0 Å². The molecule has 7 nitrogen and oxygen atoms in total. The molecule has 0 bridgehead atoms. The molecule has 1 aliphatic rings. The van der Waals surface area contributed by atoms with Crippen molar-refractivity contribution >= 4 is 5.91 Å². The van der Waals surface area contributed by atoms with Crippen molar-refractivity contribution in [2.75, 3.05) is 0 Å². The molecular formula is C27H31N5O2. The molecule has 4 rings (SSSR count). The highest BCUT2D eigenvalue weighted by molar-refractivity contribution is 5.95. The highest BCUT2D eigenvalue weighted by atomic mass is 16.4. The third-order valence-corrected chi connectivity index (χ3v) is 6.41. The zero-order chi connectivity index (χ0) is 24.3. The van der Waals surface area contributed by atoms with Crippen LogP contribution in [0.15, 0.2) is 52.9 Å². The average molecular weight is 458 g/mol. The molecule has 2 aromatic carbocycles. The van der Waals surface area contributed by atoms with Gasteiger partial charge in [0.05, 0.1) is 17.0 Å². The third kappa shape index (κ3) is 4.87.